The van der Waals surface area contributed by atoms with Crippen molar-refractivity contribution in [3.05, 3.63) is 52.5 Å². The first-order valence-electron chi connectivity index (χ1n) is 9.40. The summed E-state index contributed by atoms with van der Waals surface area (Å²) in [6.45, 7) is 0.630. The molecule has 0 saturated heterocycles. The molecule has 1 amide bonds. The molecule has 0 spiro atoms. The maximum Gasteiger partial charge on any atom is 0.419 e. The summed E-state index contributed by atoms with van der Waals surface area (Å²) in [4.78, 5) is 25.9. The number of benzene rings is 2. The molecule has 2 aromatic carbocycles. The van der Waals surface area contributed by atoms with Crippen molar-refractivity contribution in [1.82, 2.24) is 4.57 Å². The molecule has 0 bridgehead atoms. The summed E-state index contributed by atoms with van der Waals surface area (Å²) in [5.74, 6) is -0.330. The largest absolute Gasteiger partial charge is 0.419 e. The van der Waals surface area contributed by atoms with Gasteiger partial charge in [-0.15, -0.1) is 0 Å². The second-order valence-corrected chi connectivity index (χ2v) is 9.20. The monoisotopic (exact) mass is 413 g/mol. The van der Waals surface area contributed by atoms with E-state index < -0.39 is 15.8 Å². The number of carbonyl (C=O) groups excluding carboxylic acids is 1. The maximum atomic E-state index is 12.9. The van der Waals surface area contributed by atoms with Crippen LogP contribution in [0.1, 0.15) is 18.4 Å². The second kappa shape index (κ2) is 6.21. The summed E-state index contributed by atoms with van der Waals surface area (Å²) >= 11 is 0. The molecule has 5 rings (SSSR count). The number of hydrogen-bond donors (Lipinski definition) is 1. The molecule has 0 radical (unpaired) electrons. The van der Waals surface area contributed by atoms with Gasteiger partial charge in [0.25, 0.3) is 10.0 Å². The van der Waals surface area contributed by atoms with Crippen molar-refractivity contribution >= 4 is 38.4 Å². The third-order valence-electron chi connectivity index (χ3n) is 5.50. The van der Waals surface area contributed by atoms with Gasteiger partial charge in [-0.05, 0) is 49.1 Å². The Morgan fingerprint density at radius 1 is 1.17 bits per heavy atom. The molecule has 1 aromatic heterocycles. The van der Waals surface area contributed by atoms with Crippen LogP contribution in [0.5, 0.6) is 0 Å². The third kappa shape index (κ3) is 3.02. The number of carbonyl (C=O) groups is 1. The molecule has 1 aliphatic carbocycles. The van der Waals surface area contributed by atoms with Gasteiger partial charge >= 0.3 is 5.76 Å². The number of nitrogens with zero attached hydrogens (tertiary/aromatic N) is 2. The Labute approximate surface area is 166 Å². The van der Waals surface area contributed by atoms with Crippen LogP contribution in [0.15, 0.2) is 50.5 Å². The van der Waals surface area contributed by atoms with Gasteiger partial charge in [-0.2, -0.15) is 0 Å². The van der Waals surface area contributed by atoms with Crippen molar-refractivity contribution in [1.29, 1.82) is 0 Å². The van der Waals surface area contributed by atoms with Gasteiger partial charge in [0.2, 0.25) is 5.91 Å². The minimum absolute atomic E-state index is 0.00855. The van der Waals surface area contributed by atoms with Gasteiger partial charge in [0.1, 0.15) is 0 Å². The zero-order valence-corrected chi connectivity index (χ0v) is 16.5. The molecule has 8 nitrogen and oxygen atoms in total. The van der Waals surface area contributed by atoms with Crippen LogP contribution in [0.3, 0.4) is 0 Å². The van der Waals surface area contributed by atoms with Gasteiger partial charge < -0.3 is 9.32 Å². The predicted octanol–water partition coefficient (Wildman–Crippen LogP) is 2.23. The van der Waals surface area contributed by atoms with Crippen LogP contribution in [-0.4, -0.2) is 25.4 Å². The zero-order chi connectivity index (χ0) is 20.3. The lowest BCUT2D eigenvalue weighted by atomic mass is 10.1. The first-order chi connectivity index (χ1) is 13.8. The van der Waals surface area contributed by atoms with Crippen LogP contribution in [-0.2, 0) is 28.3 Å². The number of fused-ring (bicyclic) bond motifs is 2. The van der Waals surface area contributed by atoms with Gasteiger partial charge in [0.15, 0.2) is 5.58 Å². The van der Waals surface area contributed by atoms with Crippen molar-refractivity contribution in [2.24, 2.45) is 13.0 Å². The average molecular weight is 413 g/mol. The highest BCUT2D eigenvalue weighted by Crippen LogP contribution is 2.37. The minimum atomic E-state index is -3.89. The second-order valence-electron chi connectivity index (χ2n) is 7.52. The summed E-state index contributed by atoms with van der Waals surface area (Å²) in [5.41, 5.74) is 2.91. The SMILES string of the molecule is Cn1c(=O)oc2cc(S(=O)(=O)Nc3ccc4c(c3)N(C(=O)C3CC3)CC4)ccc21. The van der Waals surface area contributed by atoms with Gasteiger partial charge in [0, 0.05) is 31.3 Å². The Kier molecular flexibility index (Phi) is 3.86. The van der Waals surface area contributed by atoms with Crippen LogP contribution in [0.25, 0.3) is 11.1 Å². The Morgan fingerprint density at radius 2 is 1.97 bits per heavy atom. The normalized spacial score (nSPS) is 16.2. The van der Waals surface area contributed by atoms with Gasteiger partial charge in [-0.3, -0.25) is 14.1 Å². The number of nitrogens with one attached hydrogen (secondary N) is 1. The third-order valence-corrected chi connectivity index (χ3v) is 6.88. The first kappa shape index (κ1) is 18.0. The molecule has 150 valence electrons. The van der Waals surface area contributed by atoms with Crippen molar-refractivity contribution in [3.63, 3.8) is 0 Å². The van der Waals surface area contributed by atoms with E-state index in [1.54, 1.807) is 24.1 Å². The Bertz CT molecular complexity index is 1320. The highest BCUT2D eigenvalue weighted by atomic mass is 32.2. The summed E-state index contributed by atoms with van der Waals surface area (Å²) in [6, 6.07) is 9.55. The van der Waals surface area contributed by atoms with E-state index in [2.05, 4.69) is 4.72 Å². The summed E-state index contributed by atoms with van der Waals surface area (Å²) < 4.78 is 34.7. The molecule has 9 heteroatoms. The lowest BCUT2D eigenvalue weighted by molar-refractivity contribution is -0.119. The van der Waals surface area contributed by atoms with Gasteiger partial charge in [-0.25, -0.2) is 13.2 Å². The number of aromatic nitrogens is 1. The van der Waals surface area contributed by atoms with Crippen molar-refractivity contribution < 1.29 is 17.6 Å². The summed E-state index contributed by atoms with van der Waals surface area (Å²) in [7, 11) is -2.34. The highest BCUT2D eigenvalue weighted by Gasteiger charge is 2.36. The molecule has 1 N–H and O–H groups in total. The standard InChI is InChI=1S/C20H19N3O5S/c1-22-16-7-6-15(11-18(16)28-20(22)25)29(26,27)21-14-5-4-12-8-9-23(17(12)10-14)19(24)13-2-3-13/h4-7,10-11,13,21H,2-3,8-9H2,1H3. The molecule has 29 heavy (non-hydrogen) atoms. The lowest BCUT2D eigenvalue weighted by Gasteiger charge is -2.18. The topological polar surface area (TPSA) is 102 Å². The fraction of sp³-hybridized carbons (Fsp3) is 0.300. The molecule has 0 unspecified atom stereocenters. The predicted molar refractivity (Wildman–Crippen MR) is 107 cm³/mol. The van der Waals surface area contributed by atoms with E-state index in [1.165, 1.54) is 22.8 Å². The maximum absolute atomic E-state index is 12.9. The summed E-state index contributed by atoms with van der Waals surface area (Å²) in [5, 5.41) is 0. The molecule has 3 aromatic rings. The number of anilines is 2. The average Bonchev–Trinajstić information content (AvgIpc) is 3.40. The van der Waals surface area contributed by atoms with Crippen LogP contribution >= 0.6 is 0 Å². The van der Waals surface area contributed by atoms with E-state index in [4.69, 9.17) is 4.42 Å². The molecule has 1 aliphatic heterocycles. The number of hydrogen-bond acceptors (Lipinski definition) is 5. The van der Waals surface area contributed by atoms with Crippen LogP contribution in [0.2, 0.25) is 0 Å². The van der Waals surface area contributed by atoms with Gasteiger partial charge in [0.05, 0.1) is 16.1 Å². The summed E-state index contributed by atoms with van der Waals surface area (Å²) in [6.07, 6.45) is 2.62. The zero-order valence-electron chi connectivity index (χ0n) is 15.7. The van der Waals surface area contributed by atoms with Crippen molar-refractivity contribution in [2.45, 2.75) is 24.2 Å². The lowest BCUT2D eigenvalue weighted by Crippen LogP contribution is -2.30. The number of rotatable bonds is 4. The van der Waals surface area contributed by atoms with E-state index in [1.807, 2.05) is 6.07 Å². The smallest absolute Gasteiger partial charge is 0.408 e. The minimum Gasteiger partial charge on any atom is -0.408 e. The molecule has 2 heterocycles. The van der Waals surface area contributed by atoms with E-state index in [9.17, 15) is 18.0 Å². The van der Waals surface area contributed by atoms with Crippen molar-refractivity contribution in [3.8, 4) is 0 Å². The van der Waals surface area contributed by atoms with E-state index >= 15 is 0 Å². The number of sulfonamides is 1. The van der Waals surface area contributed by atoms with Crippen LogP contribution < -0.4 is 15.4 Å². The highest BCUT2D eigenvalue weighted by molar-refractivity contribution is 7.92. The van der Waals surface area contributed by atoms with Crippen LogP contribution in [0.4, 0.5) is 11.4 Å². The van der Waals surface area contributed by atoms with E-state index in [-0.39, 0.29) is 22.3 Å². The molecule has 0 atom stereocenters. The Morgan fingerprint density at radius 3 is 2.72 bits per heavy atom. The molecule has 1 saturated carbocycles. The molecular formula is C20H19N3O5S. The van der Waals surface area contributed by atoms with E-state index in [0.29, 0.717) is 17.7 Å². The number of oxazole rings is 1. The first-order valence-corrected chi connectivity index (χ1v) is 10.9. The van der Waals surface area contributed by atoms with Crippen LogP contribution in [0, 0.1) is 5.92 Å². The van der Waals surface area contributed by atoms with Crippen molar-refractivity contribution in [2.75, 3.05) is 16.2 Å². The Balaban J connectivity index is 1.46. The van der Waals surface area contributed by atoms with E-state index in [0.717, 1.165) is 30.5 Å². The molecule has 2 aliphatic rings. The quantitative estimate of drug-likeness (QED) is 0.707. The number of aryl methyl sites for hydroxylation is 1. The van der Waals surface area contributed by atoms with Gasteiger partial charge in [-0.1, -0.05) is 6.07 Å². The fourth-order valence-corrected chi connectivity index (χ4v) is 4.78. The molecular weight excluding hydrogens is 394 g/mol. The Hall–Kier alpha value is -3.07. The number of amides is 1. The molecule has 1 fully saturated rings. The fourth-order valence-electron chi connectivity index (χ4n) is 3.72.